The summed E-state index contributed by atoms with van der Waals surface area (Å²) in [6, 6.07) is 6.52. The smallest absolute Gasteiger partial charge is 0.305 e. The van der Waals surface area contributed by atoms with Gasteiger partial charge in [0.1, 0.15) is 5.82 Å². The number of nitrogens with zero attached hydrogens (tertiary/aromatic N) is 1. The second-order valence-electron chi connectivity index (χ2n) is 6.64. The minimum absolute atomic E-state index is 0.106. The van der Waals surface area contributed by atoms with Crippen LogP contribution in [-0.4, -0.2) is 37.0 Å². The largest absolute Gasteiger partial charge is 0.469 e. The topological polar surface area (TPSA) is 46.6 Å². The Hall–Kier alpha value is -1.91. The summed E-state index contributed by atoms with van der Waals surface area (Å²) in [7, 11) is 1.39. The molecule has 1 amide bonds. The molecule has 2 atom stereocenters. The van der Waals surface area contributed by atoms with Gasteiger partial charge in [-0.2, -0.15) is 0 Å². The molecule has 1 aliphatic rings. The molecule has 4 nitrogen and oxygen atoms in total. The van der Waals surface area contributed by atoms with Gasteiger partial charge in [-0.1, -0.05) is 19.1 Å². The van der Waals surface area contributed by atoms with Crippen LogP contribution in [0, 0.1) is 17.7 Å². The molecular formula is C19H26FNO3. The Morgan fingerprint density at radius 2 is 2.21 bits per heavy atom. The molecule has 1 heterocycles. The lowest BCUT2D eigenvalue weighted by Crippen LogP contribution is -2.43. The molecule has 5 heteroatoms. The van der Waals surface area contributed by atoms with Crippen molar-refractivity contribution < 1.29 is 18.7 Å². The van der Waals surface area contributed by atoms with Crippen LogP contribution < -0.4 is 0 Å². The molecule has 0 aliphatic carbocycles. The van der Waals surface area contributed by atoms with Crippen molar-refractivity contribution in [1.29, 1.82) is 0 Å². The molecule has 1 aromatic carbocycles. The second kappa shape index (κ2) is 8.81. The van der Waals surface area contributed by atoms with Crippen LogP contribution in [0.4, 0.5) is 4.39 Å². The van der Waals surface area contributed by atoms with Gasteiger partial charge in [-0.05, 0) is 49.3 Å². The molecule has 2 rings (SSSR count). The Bertz CT molecular complexity index is 575. The highest BCUT2D eigenvalue weighted by Gasteiger charge is 2.28. The maximum Gasteiger partial charge on any atom is 0.305 e. The van der Waals surface area contributed by atoms with E-state index in [-0.39, 0.29) is 29.5 Å². The third-order valence-corrected chi connectivity index (χ3v) is 4.69. The Morgan fingerprint density at radius 3 is 2.92 bits per heavy atom. The van der Waals surface area contributed by atoms with Gasteiger partial charge in [-0.25, -0.2) is 4.39 Å². The number of halogens is 1. The zero-order valence-corrected chi connectivity index (χ0v) is 14.5. The summed E-state index contributed by atoms with van der Waals surface area (Å²) in [5, 5.41) is 0. The van der Waals surface area contributed by atoms with Crippen LogP contribution in [-0.2, 0) is 20.7 Å². The van der Waals surface area contributed by atoms with Crippen LogP contribution in [0.1, 0.15) is 38.2 Å². The van der Waals surface area contributed by atoms with Crippen LogP contribution in [0.15, 0.2) is 24.3 Å². The molecular weight excluding hydrogens is 309 g/mol. The average molecular weight is 335 g/mol. The number of aryl methyl sites for hydroxylation is 1. The van der Waals surface area contributed by atoms with E-state index in [2.05, 4.69) is 0 Å². The molecule has 132 valence electrons. The predicted molar refractivity (Wildman–Crippen MR) is 89.8 cm³/mol. The fourth-order valence-electron chi connectivity index (χ4n) is 3.26. The summed E-state index contributed by atoms with van der Waals surface area (Å²) >= 11 is 0. The maximum absolute atomic E-state index is 13.2. The van der Waals surface area contributed by atoms with E-state index in [0.717, 1.165) is 24.9 Å². The second-order valence-corrected chi connectivity index (χ2v) is 6.64. The van der Waals surface area contributed by atoms with Gasteiger partial charge < -0.3 is 9.64 Å². The Kier molecular flexibility index (Phi) is 6.76. The van der Waals surface area contributed by atoms with Crippen molar-refractivity contribution in [3.05, 3.63) is 35.6 Å². The summed E-state index contributed by atoms with van der Waals surface area (Å²) < 4.78 is 17.9. The number of amides is 1. The van der Waals surface area contributed by atoms with E-state index in [4.69, 9.17) is 4.74 Å². The highest BCUT2D eigenvalue weighted by atomic mass is 19.1. The zero-order valence-electron chi connectivity index (χ0n) is 14.5. The van der Waals surface area contributed by atoms with Crippen molar-refractivity contribution in [2.24, 2.45) is 11.8 Å². The lowest BCUT2D eigenvalue weighted by Gasteiger charge is -2.34. The normalized spacial score (nSPS) is 19.0. The van der Waals surface area contributed by atoms with E-state index in [1.54, 1.807) is 6.07 Å². The molecule has 0 saturated carbocycles. The van der Waals surface area contributed by atoms with Gasteiger partial charge in [0.25, 0.3) is 0 Å². The highest BCUT2D eigenvalue weighted by molar-refractivity contribution is 5.78. The number of esters is 1. The molecule has 1 aliphatic heterocycles. The zero-order chi connectivity index (χ0) is 17.5. The van der Waals surface area contributed by atoms with Crippen LogP contribution in [0.2, 0.25) is 0 Å². The number of likely N-dealkylation sites (tertiary alicyclic amines) is 1. The Morgan fingerprint density at radius 1 is 1.42 bits per heavy atom. The van der Waals surface area contributed by atoms with Gasteiger partial charge >= 0.3 is 5.97 Å². The van der Waals surface area contributed by atoms with Gasteiger partial charge in [0, 0.05) is 25.4 Å². The van der Waals surface area contributed by atoms with Crippen LogP contribution in [0.3, 0.4) is 0 Å². The molecule has 24 heavy (non-hydrogen) atoms. The van der Waals surface area contributed by atoms with E-state index in [0.29, 0.717) is 25.8 Å². The van der Waals surface area contributed by atoms with Gasteiger partial charge in [-0.3, -0.25) is 9.59 Å². The third kappa shape index (κ3) is 5.32. The first-order chi connectivity index (χ1) is 11.5. The lowest BCUT2D eigenvalue weighted by molar-refractivity contribution is -0.144. The molecule has 0 aromatic heterocycles. The molecule has 1 fully saturated rings. The molecule has 0 radical (unpaired) electrons. The monoisotopic (exact) mass is 335 g/mol. The van der Waals surface area contributed by atoms with Crippen LogP contribution >= 0.6 is 0 Å². The first-order valence-electron chi connectivity index (χ1n) is 8.59. The van der Waals surface area contributed by atoms with E-state index < -0.39 is 0 Å². The van der Waals surface area contributed by atoms with Gasteiger partial charge in [-0.15, -0.1) is 0 Å². The number of ether oxygens (including phenoxy) is 1. The number of rotatable bonds is 6. The molecule has 1 aromatic rings. The quantitative estimate of drug-likeness (QED) is 0.750. The van der Waals surface area contributed by atoms with Crippen molar-refractivity contribution in [2.45, 2.75) is 39.0 Å². The molecule has 0 bridgehead atoms. The summed E-state index contributed by atoms with van der Waals surface area (Å²) in [6.07, 6.45) is 3.63. The molecule has 0 N–H and O–H groups in total. The third-order valence-electron chi connectivity index (χ3n) is 4.69. The minimum Gasteiger partial charge on any atom is -0.469 e. The molecule has 1 saturated heterocycles. The fourth-order valence-corrected chi connectivity index (χ4v) is 3.26. The first-order valence-corrected chi connectivity index (χ1v) is 8.59. The van der Waals surface area contributed by atoms with Crippen LogP contribution in [0.25, 0.3) is 0 Å². The van der Waals surface area contributed by atoms with Gasteiger partial charge in [0.15, 0.2) is 0 Å². The van der Waals surface area contributed by atoms with E-state index >= 15 is 0 Å². The van der Waals surface area contributed by atoms with Crippen molar-refractivity contribution in [3.63, 3.8) is 0 Å². The minimum atomic E-state index is -0.242. The number of benzene rings is 1. The summed E-state index contributed by atoms with van der Waals surface area (Å²) in [5.41, 5.74) is 0.914. The first kappa shape index (κ1) is 18.4. The van der Waals surface area contributed by atoms with Gasteiger partial charge in [0.2, 0.25) is 5.91 Å². The van der Waals surface area contributed by atoms with Crippen molar-refractivity contribution >= 4 is 11.9 Å². The van der Waals surface area contributed by atoms with Crippen molar-refractivity contribution in [2.75, 3.05) is 20.2 Å². The highest BCUT2D eigenvalue weighted by Crippen LogP contribution is 2.22. The fraction of sp³-hybridized carbons (Fsp3) is 0.579. The van der Waals surface area contributed by atoms with Crippen molar-refractivity contribution in [1.82, 2.24) is 4.90 Å². The average Bonchev–Trinajstić information content (AvgIpc) is 2.59. The predicted octanol–water partition coefficient (Wildman–Crippen LogP) is 3.20. The molecule has 0 spiro atoms. The summed E-state index contributed by atoms with van der Waals surface area (Å²) in [5.74, 6) is -0.252. The van der Waals surface area contributed by atoms with Gasteiger partial charge in [0.05, 0.1) is 7.11 Å². The molecule has 0 unspecified atom stereocenters. The van der Waals surface area contributed by atoms with E-state index in [1.165, 1.54) is 19.2 Å². The SMILES string of the molecule is COC(=O)C[C@H]1CCCN(C(=O)[C@H](C)CCc2cccc(F)c2)C1. The summed E-state index contributed by atoms with van der Waals surface area (Å²) in [6.45, 7) is 3.30. The Labute approximate surface area is 143 Å². The number of hydrogen-bond donors (Lipinski definition) is 0. The lowest BCUT2D eigenvalue weighted by atomic mass is 9.93. The number of carbonyl (C=O) groups is 2. The van der Waals surface area contributed by atoms with E-state index in [1.807, 2.05) is 17.9 Å². The number of piperidine rings is 1. The number of hydrogen-bond acceptors (Lipinski definition) is 3. The maximum atomic E-state index is 13.2. The van der Waals surface area contributed by atoms with E-state index in [9.17, 15) is 14.0 Å². The standard InChI is InChI=1S/C19H26FNO3/c1-14(8-9-15-5-3-7-17(20)11-15)19(23)21-10-4-6-16(13-21)12-18(22)24-2/h3,5,7,11,14,16H,4,6,8-10,12-13H2,1-2H3/t14-,16-/m1/s1. The summed E-state index contributed by atoms with van der Waals surface area (Å²) in [4.78, 5) is 25.9. The Balaban J connectivity index is 1.84. The van der Waals surface area contributed by atoms with Crippen molar-refractivity contribution in [3.8, 4) is 0 Å². The van der Waals surface area contributed by atoms with Crippen LogP contribution in [0.5, 0.6) is 0 Å². The number of carbonyl (C=O) groups excluding carboxylic acids is 2. The number of methoxy groups -OCH3 is 1.